The van der Waals surface area contributed by atoms with Crippen LogP contribution in [0.25, 0.3) is 0 Å². The van der Waals surface area contributed by atoms with Crippen molar-refractivity contribution in [3.8, 4) is 0 Å². The predicted molar refractivity (Wildman–Crippen MR) is 56.5 cm³/mol. The monoisotopic (exact) mass is 188 g/mol. The van der Waals surface area contributed by atoms with E-state index in [0.717, 1.165) is 0 Å². The van der Waals surface area contributed by atoms with Gasteiger partial charge in [-0.25, -0.2) is 0 Å². The molecule has 0 aliphatic carbocycles. The Kier molecular flexibility index (Phi) is 4.18. The summed E-state index contributed by atoms with van der Waals surface area (Å²) in [7, 11) is -0.850. The Balaban J connectivity index is 4.46. The topological polar surface area (TPSA) is 17.1 Å². The van der Waals surface area contributed by atoms with Gasteiger partial charge >= 0.3 is 0 Å². The molecule has 72 valence electrons. The van der Waals surface area contributed by atoms with Crippen molar-refractivity contribution in [3.05, 3.63) is 11.0 Å². The van der Waals surface area contributed by atoms with E-state index in [2.05, 4.69) is 13.8 Å². The molecule has 0 saturated heterocycles. The predicted octanol–water partition coefficient (Wildman–Crippen LogP) is 3.09. The van der Waals surface area contributed by atoms with Gasteiger partial charge in [0.25, 0.3) is 0 Å². The molecule has 0 saturated carbocycles. The zero-order chi connectivity index (χ0) is 9.94. The Bertz CT molecular complexity index is 196. The molecule has 12 heavy (non-hydrogen) atoms. The summed E-state index contributed by atoms with van der Waals surface area (Å²) in [4.78, 5) is 0. The first-order valence-corrected chi connectivity index (χ1v) is 5.55. The lowest BCUT2D eigenvalue weighted by atomic mass is 10.1. The molecular weight excluding hydrogens is 168 g/mol. The molecule has 0 amide bonds. The van der Waals surface area contributed by atoms with Crippen LogP contribution in [0.5, 0.6) is 0 Å². The van der Waals surface area contributed by atoms with Gasteiger partial charge in [-0.1, -0.05) is 19.4 Å². The molecule has 0 spiro atoms. The van der Waals surface area contributed by atoms with E-state index in [1.165, 1.54) is 5.57 Å². The van der Waals surface area contributed by atoms with Gasteiger partial charge in [-0.3, -0.25) is 4.21 Å². The second-order valence-corrected chi connectivity index (χ2v) is 6.48. The van der Waals surface area contributed by atoms with Crippen LogP contribution >= 0.6 is 0 Å². The van der Waals surface area contributed by atoms with Gasteiger partial charge in [-0.15, -0.1) is 0 Å². The maximum Gasteiger partial charge on any atom is 0.0509 e. The quantitative estimate of drug-likeness (QED) is 0.651. The summed E-state index contributed by atoms with van der Waals surface area (Å²) in [6, 6.07) is 0. The SMILES string of the molecule is C/C(=C\[S@](=O)C(C)(C)C)C(C)C. The second-order valence-electron chi connectivity index (χ2n) is 4.43. The molecule has 0 heterocycles. The molecule has 0 N–H and O–H groups in total. The first-order chi connectivity index (χ1) is 5.25. The molecule has 1 atom stereocenters. The minimum atomic E-state index is -0.850. The molecule has 0 aromatic carbocycles. The summed E-state index contributed by atoms with van der Waals surface area (Å²) in [5.41, 5.74) is 1.21. The fourth-order valence-electron chi connectivity index (χ4n) is 0.482. The molecule has 0 aromatic heterocycles. The second kappa shape index (κ2) is 4.22. The van der Waals surface area contributed by atoms with Gasteiger partial charge in [0.2, 0.25) is 0 Å². The minimum absolute atomic E-state index is 0.129. The van der Waals surface area contributed by atoms with Gasteiger partial charge < -0.3 is 0 Å². The third kappa shape index (κ3) is 4.05. The molecule has 0 aromatic rings. The Labute approximate surface area is 78.7 Å². The van der Waals surface area contributed by atoms with Crippen molar-refractivity contribution in [2.45, 2.75) is 46.3 Å². The van der Waals surface area contributed by atoms with Gasteiger partial charge in [-0.2, -0.15) is 0 Å². The van der Waals surface area contributed by atoms with E-state index in [9.17, 15) is 4.21 Å². The molecule has 2 heteroatoms. The molecule has 0 radical (unpaired) electrons. The van der Waals surface area contributed by atoms with Crippen LogP contribution in [-0.4, -0.2) is 8.96 Å². The summed E-state index contributed by atoms with van der Waals surface area (Å²) in [5, 5.41) is 1.88. The summed E-state index contributed by atoms with van der Waals surface area (Å²) < 4.78 is 11.5. The van der Waals surface area contributed by atoms with Crippen LogP contribution in [0, 0.1) is 5.92 Å². The smallest absolute Gasteiger partial charge is 0.0509 e. The van der Waals surface area contributed by atoms with Crippen LogP contribution in [0.3, 0.4) is 0 Å². The van der Waals surface area contributed by atoms with Crippen LogP contribution < -0.4 is 0 Å². The number of hydrogen-bond donors (Lipinski definition) is 0. The first kappa shape index (κ1) is 11.9. The van der Waals surface area contributed by atoms with Crippen LogP contribution in [-0.2, 0) is 10.8 Å². The Morgan fingerprint density at radius 2 is 1.75 bits per heavy atom. The maximum atomic E-state index is 11.6. The molecule has 0 aliphatic heterocycles. The highest BCUT2D eigenvalue weighted by molar-refractivity contribution is 7.89. The van der Waals surface area contributed by atoms with Crippen molar-refractivity contribution in [2.75, 3.05) is 0 Å². The lowest BCUT2D eigenvalue weighted by Crippen LogP contribution is -2.20. The standard InChI is InChI=1S/C10H20OS/c1-8(2)9(3)7-12(11)10(4,5)6/h7-8H,1-6H3/b9-7+/t12-/m0/s1. The molecular formula is C10H20OS. The lowest BCUT2D eigenvalue weighted by Gasteiger charge is -2.16. The maximum absolute atomic E-state index is 11.6. The van der Waals surface area contributed by atoms with Crippen molar-refractivity contribution >= 4 is 10.8 Å². The average molecular weight is 188 g/mol. The summed E-state index contributed by atoms with van der Waals surface area (Å²) in [6.45, 7) is 12.2. The van der Waals surface area contributed by atoms with Crippen LogP contribution in [0.2, 0.25) is 0 Å². The van der Waals surface area contributed by atoms with E-state index < -0.39 is 10.8 Å². The molecule has 0 aliphatic rings. The highest BCUT2D eigenvalue weighted by atomic mass is 32.2. The van der Waals surface area contributed by atoms with Crippen molar-refractivity contribution in [2.24, 2.45) is 5.92 Å². The van der Waals surface area contributed by atoms with E-state index >= 15 is 0 Å². The fraction of sp³-hybridized carbons (Fsp3) is 0.800. The van der Waals surface area contributed by atoms with Gasteiger partial charge in [-0.05, 0) is 33.6 Å². The third-order valence-electron chi connectivity index (χ3n) is 1.81. The van der Waals surface area contributed by atoms with Crippen LogP contribution in [0.1, 0.15) is 41.5 Å². The first-order valence-electron chi connectivity index (χ1n) is 4.34. The van der Waals surface area contributed by atoms with Crippen molar-refractivity contribution in [1.82, 2.24) is 0 Å². The fourth-order valence-corrected chi connectivity index (χ4v) is 1.45. The van der Waals surface area contributed by atoms with Crippen molar-refractivity contribution in [1.29, 1.82) is 0 Å². The number of allylic oxidation sites excluding steroid dienone is 1. The molecule has 0 fully saturated rings. The number of hydrogen-bond acceptors (Lipinski definition) is 1. The molecule has 0 rings (SSSR count). The normalized spacial score (nSPS) is 16.8. The van der Waals surface area contributed by atoms with Crippen LogP contribution in [0.4, 0.5) is 0 Å². The summed E-state index contributed by atoms with van der Waals surface area (Å²) in [5.74, 6) is 0.497. The van der Waals surface area contributed by atoms with Crippen molar-refractivity contribution < 1.29 is 4.21 Å². The van der Waals surface area contributed by atoms with Gasteiger partial charge in [0.1, 0.15) is 0 Å². The largest absolute Gasteiger partial charge is 0.254 e. The summed E-state index contributed by atoms with van der Waals surface area (Å²) in [6.07, 6.45) is 0. The minimum Gasteiger partial charge on any atom is -0.254 e. The molecule has 0 unspecified atom stereocenters. The van der Waals surface area contributed by atoms with E-state index in [0.29, 0.717) is 5.92 Å². The highest BCUT2D eigenvalue weighted by Crippen LogP contribution is 2.16. The van der Waals surface area contributed by atoms with Crippen molar-refractivity contribution in [3.63, 3.8) is 0 Å². The van der Waals surface area contributed by atoms with Crippen LogP contribution in [0.15, 0.2) is 11.0 Å². The molecule has 1 nitrogen and oxygen atoms in total. The lowest BCUT2D eigenvalue weighted by molar-refractivity contribution is 0.655. The number of rotatable bonds is 2. The van der Waals surface area contributed by atoms with E-state index in [-0.39, 0.29) is 4.75 Å². The Morgan fingerprint density at radius 3 is 2.00 bits per heavy atom. The van der Waals surface area contributed by atoms with E-state index in [4.69, 9.17) is 0 Å². The summed E-state index contributed by atoms with van der Waals surface area (Å²) >= 11 is 0. The highest BCUT2D eigenvalue weighted by Gasteiger charge is 2.17. The van der Waals surface area contributed by atoms with Gasteiger partial charge in [0.05, 0.1) is 10.8 Å². The van der Waals surface area contributed by atoms with E-state index in [1.807, 2.05) is 33.1 Å². The zero-order valence-corrected chi connectivity index (χ0v) is 9.79. The van der Waals surface area contributed by atoms with E-state index in [1.54, 1.807) is 0 Å². The Morgan fingerprint density at radius 1 is 1.33 bits per heavy atom. The zero-order valence-electron chi connectivity index (χ0n) is 8.97. The molecule has 0 bridgehead atoms. The average Bonchev–Trinajstić information content (AvgIpc) is 1.85. The third-order valence-corrected chi connectivity index (χ3v) is 3.60. The Hall–Kier alpha value is -0.110. The van der Waals surface area contributed by atoms with Gasteiger partial charge in [0, 0.05) is 10.2 Å². The van der Waals surface area contributed by atoms with Gasteiger partial charge in [0.15, 0.2) is 0 Å².